The number of Topliss-reactive ketones (excluding diaryl/α,β-unsaturated/α-hetero) is 1. The van der Waals surface area contributed by atoms with Crippen molar-refractivity contribution in [1.29, 1.82) is 0 Å². The van der Waals surface area contributed by atoms with Crippen LogP contribution >= 0.6 is 22.9 Å². The molecule has 0 unspecified atom stereocenters. The van der Waals surface area contributed by atoms with Gasteiger partial charge in [-0.2, -0.15) is 0 Å². The normalized spacial score (nSPS) is 11.7. The minimum atomic E-state index is -0.583. The molecule has 27 heavy (non-hydrogen) atoms. The highest BCUT2D eigenvalue weighted by Gasteiger charge is 2.15. The number of nitrogens with one attached hydrogen (secondary N) is 1. The average Bonchev–Trinajstić information content (AvgIpc) is 3.06. The second-order valence-electron chi connectivity index (χ2n) is 6.32. The number of hydrogen-bond acceptors (Lipinski definition) is 5. The fourth-order valence-corrected chi connectivity index (χ4v) is 3.43. The maximum Gasteiger partial charge on any atom is 0.306 e. The van der Waals surface area contributed by atoms with Gasteiger partial charge in [-0.3, -0.25) is 14.4 Å². The number of rotatable bonds is 8. The van der Waals surface area contributed by atoms with Gasteiger partial charge >= 0.3 is 5.97 Å². The molecule has 0 saturated heterocycles. The molecule has 1 N–H and O–H groups in total. The first-order valence-electron chi connectivity index (χ1n) is 8.57. The summed E-state index contributed by atoms with van der Waals surface area (Å²) in [6.45, 7) is 5.54. The van der Waals surface area contributed by atoms with Gasteiger partial charge in [-0.1, -0.05) is 29.8 Å². The van der Waals surface area contributed by atoms with Crippen LogP contribution in [0.15, 0.2) is 30.3 Å². The van der Waals surface area contributed by atoms with E-state index in [9.17, 15) is 14.4 Å². The molecule has 0 spiro atoms. The van der Waals surface area contributed by atoms with E-state index in [1.165, 1.54) is 16.9 Å². The monoisotopic (exact) mass is 407 g/mol. The van der Waals surface area contributed by atoms with E-state index in [2.05, 4.69) is 5.32 Å². The molecule has 2 aromatic rings. The zero-order valence-corrected chi connectivity index (χ0v) is 17.1. The summed E-state index contributed by atoms with van der Waals surface area (Å²) in [4.78, 5) is 36.2. The number of esters is 1. The summed E-state index contributed by atoms with van der Waals surface area (Å²) in [5, 5.41) is 2.80. The SMILES string of the molecule is Cc1ccc([C@@H](C)NC(=O)COC(=O)CCC(=O)c2ccc(Cl)s2)cc1C. The van der Waals surface area contributed by atoms with Crippen LogP contribution in [0.3, 0.4) is 0 Å². The van der Waals surface area contributed by atoms with Gasteiger partial charge in [0.2, 0.25) is 0 Å². The Kier molecular flexibility index (Phi) is 7.56. The Morgan fingerprint density at radius 2 is 1.85 bits per heavy atom. The van der Waals surface area contributed by atoms with Crippen molar-refractivity contribution in [2.45, 2.75) is 39.7 Å². The van der Waals surface area contributed by atoms with E-state index in [4.69, 9.17) is 16.3 Å². The Labute approximate surface area is 167 Å². The zero-order chi connectivity index (χ0) is 20.0. The van der Waals surface area contributed by atoms with Crippen LogP contribution < -0.4 is 5.32 Å². The van der Waals surface area contributed by atoms with E-state index in [-0.39, 0.29) is 37.2 Å². The van der Waals surface area contributed by atoms with Crippen LogP contribution in [0.5, 0.6) is 0 Å². The lowest BCUT2D eigenvalue weighted by Crippen LogP contribution is -2.31. The molecule has 2 rings (SSSR count). The lowest BCUT2D eigenvalue weighted by molar-refractivity contribution is -0.148. The van der Waals surface area contributed by atoms with Gasteiger partial charge < -0.3 is 10.1 Å². The quantitative estimate of drug-likeness (QED) is 0.520. The first-order chi connectivity index (χ1) is 12.8. The van der Waals surface area contributed by atoms with Gasteiger partial charge in [0.1, 0.15) is 0 Å². The smallest absolute Gasteiger partial charge is 0.306 e. The molecule has 0 aliphatic rings. The molecule has 1 aromatic heterocycles. The number of hydrogen-bond donors (Lipinski definition) is 1. The van der Waals surface area contributed by atoms with E-state index < -0.39 is 5.97 Å². The van der Waals surface area contributed by atoms with Crippen LogP contribution in [0.4, 0.5) is 0 Å². The second kappa shape index (κ2) is 9.67. The summed E-state index contributed by atoms with van der Waals surface area (Å²) >= 11 is 6.96. The number of ketones is 1. The van der Waals surface area contributed by atoms with Crippen LogP contribution in [0.25, 0.3) is 0 Å². The average molecular weight is 408 g/mol. The largest absolute Gasteiger partial charge is 0.456 e. The molecule has 0 saturated carbocycles. The Morgan fingerprint density at radius 1 is 1.11 bits per heavy atom. The standard InChI is InChI=1S/C20H22ClNO4S/c1-12-4-5-15(10-13(12)2)14(3)22-19(24)11-26-20(25)9-6-16(23)17-7-8-18(21)27-17/h4-5,7-8,10,14H,6,9,11H2,1-3H3,(H,22,24)/t14-/m1/s1. The third kappa shape index (κ3) is 6.48. The predicted molar refractivity (Wildman–Crippen MR) is 106 cm³/mol. The molecule has 1 amide bonds. The first-order valence-corrected chi connectivity index (χ1v) is 9.76. The molecule has 0 bridgehead atoms. The Bertz CT molecular complexity index is 846. The highest BCUT2D eigenvalue weighted by atomic mass is 35.5. The third-order valence-corrected chi connectivity index (χ3v) is 5.45. The van der Waals surface area contributed by atoms with E-state index >= 15 is 0 Å². The van der Waals surface area contributed by atoms with E-state index in [0.717, 1.165) is 11.1 Å². The maximum atomic E-state index is 12.0. The first kappa shape index (κ1) is 21.1. The van der Waals surface area contributed by atoms with Gasteiger partial charge in [0, 0.05) is 6.42 Å². The molecule has 0 aliphatic carbocycles. The summed E-state index contributed by atoms with van der Waals surface area (Å²) in [7, 11) is 0. The van der Waals surface area contributed by atoms with Crippen molar-refractivity contribution in [2.75, 3.05) is 6.61 Å². The van der Waals surface area contributed by atoms with Gasteiger partial charge in [0.25, 0.3) is 5.91 Å². The molecule has 0 radical (unpaired) electrons. The van der Waals surface area contributed by atoms with Gasteiger partial charge in [-0.15, -0.1) is 11.3 Å². The van der Waals surface area contributed by atoms with E-state index in [1.807, 2.05) is 39.0 Å². The molecular weight excluding hydrogens is 386 g/mol. The molecule has 5 nitrogen and oxygen atoms in total. The van der Waals surface area contributed by atoms with E-state index in [1.54, 1.807) is 12.1 Å². The number of benzene rings is 1. The third-order valence-electron chi connectivity index (χ3n) is 4.18. The van der Waals surface area contributed by atoms with Crippen LogP contribution in [0.2, 0.25) is 4.34 Å². The summed E-state index contributed by atoms with van der Waals surface area (Å²) in [5.41, 5.74) is 3.32. The summed E-state index contributed by atoms with van der Waals surface area (Å²) < 4.78 is 5.47. The van der Waals surface area contributed by atoms with Crippen molar-refractivity contribution in [2.24, 2.45) is 0 Å². The molecular formula is C20H22ClNO4S. The topological polar surface area (TPSA) is 72.5 Å². The minimum Gasteiger partial charge on any atom is -0.456 e. The summed E-state index contributed by atoms with van der Waals surface area (Å²) in [6.07, 6.45) is -0.0509. The molecule has 7 heteroatoms. The number of carbonyl (C=O) groups excluding carboxylic acids is 3. The number of halogens is 1. The van der Waals surface area contributed by atoms with Crippen LogP contribution in [-0.4, -0.2) is 24.3 Å². The number of amides is 1. The molecule has 0 aliphatic heterocycles. The van der Waals surface area contributed by atoms with Crippen molar-refractivity contribution < 1.29 is 19.1 Å². The van der Waals surface area contributed by atoms with Crippen LogP contribution in [-0.2, 0) is 14.3 Å². The Balaban J connectivity index is 1.73. The van der Waals surface area contributed by atoms with Crippen molar-refractivity contribution in [3.8, 4) is 0 Å². The number of ether oxygens (including phenoxy) is 1. The minimum absolute atomic E-state index is 0.0241. The zero-order valence-electron chi connectivity index (χ0n) is 15.5. The number of thiophene rings is 1. The Morgan fingerprint density at radius 3 is 2.48 bits per heavy atom. The summed E-state index contributed by atoms with van der Waals surface area (Å²) in [5.74, 6) is -1.14. The van der Waals surface area contributed by atoms with Crippen molar-refractivity contribution >= 4 is 40.6 Å². The van der Waals surface area contributed by atoms with Crippen LogP contribution in [0, 0.1) is 13.8 Å². The van der Waals surface area contributed by atoms with Gasteiger partial charge in [0.15, 0.2) is 12.4 Å². The van der Waals surface area contributed by atoms with Crippen LogP contribution in [0.1, 0.15) is 52.2 Å². The fraction of sp³-hybridized carbons (Fsp3) is 0.350. The Hall–Kier alpha value is -2.18. The molecule has 144 valence electrons. The highest BCUT2D eigenvalue weighted by molar-refractivity contribution is 7.18. The number of carbonyl (C=O) groups is 3. The van der Waals surface area contributed by atoms with Gasteiger partial charge in [0.05, 0.1) is 21.7 Å². The van der Waals surface area contributed by atoms with Crippen molar-refractivity contribution in [3.05, 3.63) is 56.2 Å². The van der Waals surface area contributed by atoms with E-state index in [0.29, 0.717) is 9.21 Å². The van der Waals surface area contributed by atoms with Crippen molar-refractivity contribution in [1.82, 2.24) is 5.32 Å². The fourth-order valence-electron chi connectivity index (χ4n) is 2.42. The number of aryl methyl sites for hydroxylation is 2. The lowest BCUT2D eigenvalue weighted by atomic mass is 10.0. The maximum absolute atomic E-state index is 12.0. The van der Waals surface area contributed by atoms with Crippen molar-refractivity contribution in [3.63, 3.8) is 0 Å². The van der Waals surface area contributed by atoms with Gasteiger partial charge in [-0.25, -0.2) is 0 Å². The molecule has 1 aromatic carbocycles. The molecule has 0 fully saturated rings. The molecule has 1 heterocycles. The predicted octanol–water partition coefficient (Wildman–Crippen LogP) is 4.40. The second-order valence-corrected chi connectivity index (χ2v) is 8.04. The van der Waals surface area contributed by atoms with Gasteiger partial charge in [-0.05, 0) is 49.6 Å². The summed E-state index contributed by atoms with van der Waals surface area (Å²) in [6, 6.07) is 9.06. The highest BCUT2D eigenvalue weighted by Crippen LogP contribution is 2.23. The molecule has 1 atom stereocenters. The lowest BCUT2D eigenvalue weighted by Gasteiger charge is -2.15.